The van der Waals surface area contributed by atoms with Gasteiger partial charge in [-0.1, -0.05) is 84.1 Å². The lowest BCUT2D eigenvalue weighted by atomic mass is 9.86. The maximum absolute atomic E-state index is 11.8. The van der Waals surface area contributed by atoms with Gasteiger partial charge in [-0.15, -0.1) is 0 Å². The molecule has 0 spiro atoms. The Labute approximate surface area is 148 Å². The van der Waals surface area contributed by atoms with Crippen LogP contribution < -0.4 is 5.73 Å². The summed E-state index contributed by atoms with van der Waals surface area (Å²) in [4.78, 5) is 16.2. The fraction of sp³-hybridized carbons (Fsp3) is 0.714. The van der Waals surface area contributed by atoms with Crippen LogP contribution in [0.1, 0.15) is 96.1 Å². The predicted molar refractivity (Wildman–Crippen MR) is 102 cm³/mol. The first-order valence-electron chi connectivity index (χ1n) is 9.87. The van der Waals surface area contributed by atoms with Gasteiger partial charge in [-0.25, -0.2) is 0 Å². The first-order valence-corrected chi connectivity index (χ1v) is 9.87. The maximum Gasteiger partial charge on any atom is 0.221 e. The summed E-state index contributed by atoms with van der Waals surface area (Å²) in [5.41, 5.74) is 6.59. The average Bonchev–Trinajstić information content (AvgIpc) is 2.59. The van der Waals surface area contributed by atoms with Crippen LogP contribution in [-0.4, -0.2) is 10.9 Å². The van der Waals surface area contributed by atoms with E-state index in [1.165, 1.54) is 57.8 Å². The maximum atomic E-state index is 11.8. The molecule has 2 N–H and O–H groups in total. The summed E-state index contributed by atoms with van der Waals surface area (Å²) in [6, 6.07) is 5.86. The summed E-state index contributed by atoms with van der Waals surface area (Å²) in [5, 5.41) is 0. The topological polar surface area (TPSA) is 56.0 Å². The molecule has 0 fully saturated rings. The van der Waals surface area contributed by atoms with Gasteiger partial charge in [0.15, 0.2) is 0 Å². The Morgan fingerprint density at radius 1 is 1.00 bits per heavy atom. The standard InChI is InChI=1S/C21H36N2O/c1-3-4-5-6-7-8-9-10-11-12-15-19(21(22)24)18(2)20-16-13-14-17-23-20/h13-14,16-19H,3-12,15H2,1-2H3,(H2,22,24). The number of carbonyl (C=O) groups excluding carboxylic acids is 1. The number of amides is 1. The highest BCUT2D eigenvalue weighted by molar-refractivity contribution is 5.77. The molecule has 3 nitrogen and oxygen atoms in total. The van der Waals surface area contributed by atoms with Crippen LogP contribution in [0.15, 0.2) is 24.4 Å². The normalized spacial score (nSPS) is 13.6. The lowest BCUT2D eigenvalue weighted by Gasteiger charge is -2.20. The van der Waals surface area contributed by atoms with E-state index in [1.807, 2.05) is 18.2 Å². The summed E-state index contributed by atoms with van der Waals surface area (Å²) >= 11 is 0. The zero-order valence-corrected chi connectivity index (χ0v) is 15.7. The Morgan fingerprint density at radius 3 is 2.08 bits per heavy atom. The molecule has 1 aromatic heterocycles. The van der Waals surface area contributed by atoms with Crippen molar-refractivity contribution in [3.63, 3.8) is 0 Å². The van der Waals surface area contributed by atoms with E-state index in [4.69, 9.17) is 5.73 Å². The third-order valence-electron chi connectivity index (χ3n) is 4.99. The van der Waals surface area contributed by atoms with Crippen molar-refractivity contribution in [2.75, 3.05) is 0 Å². The number of nitrogens with zero attached hydrogens (tertiary/aromatic N) is 1. The highest BCUT2D eigenvalue weighted by atomic mass is 16.1. The zero-order chi connectivity index (χ0) is 17.6. The van der Waals surface area contributed by atoms with Crippen LogP contribution in [0, 0.1) is 5.92 Å². The molecule has 1 heterocycles. The van der Waals surface area contributed by atoms with Crippen LogP contribution >= 0.6 is 0 Å². The second-order valence-electron chi connectivity index (χ2n) is 7.02. The first-order chi connectivity index (χ1) is 11.7. The predicted octanol–water partition coefficient (Wildman–Crippen LogP) is 5.60. The molecule has 2 atom stereocenters. The number of carbonyl (C=O) groups is 1. The number of unbranched alkanes of at least 4 members (excludes halogenated alkanes) is 9. The molecule has 0 saturated heterocycles. The summed E-state index contributed by atoms with van der Waals surface area (Å²) in [7, 11) is 0. The molecular weight excluding hydrogens is 296 g/mol. The highest BCUT2D eigenvalue weighted by Crippen LogP contribution is 2.27. The number of hydrogen-bond acceptors (Lipinski definition) is 2. The second kappa shape index (κ2) is 13.0. The van der Waals surface area contributed by atoms with Gasteiger partial charge < -0.3 is 5.73 Å². The van der Waals surface area contributed by atoms with Crippen molar-refractivity contribution < 1.29 is 4.79 Å². The van der Waals surface area contributed by atoms with Gasteiger partial charge in [-0.3, -0.25) is 9.78 Å². The molecule has 0 bridgehead atoms. The van der Waals surface area contributed by atoms with Crippen molar-refractivity contribution in [3.8, 4) is 0 Å². The van der Waals surface area contributed by atoms with Crippen LogP contribution in [0.2, 0.25) is 0 Å². The van der Waals surface area contributed by atoms with Gasteiger partial charge in [0.1, 0.15) is 0 Å². The van der Waals surface area contributed by atoms with Crippen molar-refractivity contribution in [3.05, 3.63) is 30.1 Å². The number of rotatable bonds is 14. The van der Waals surface area contributed by atoms with Crippen LogP contribution in [0.4, 0.5) is 0 Å². The minimum absolute atomic E-state index is 0.0993. The molecule has 0 aromatic carbocycles. The van der Waals surface area contributed by atoms with Gasteiger partial charge in [0.2, 0.25) is 5.91 Å². The van der Waals surface area contributed by atoms with Gasteiger partial charge in [-0.05, 0) is 18.6 Å². The Kier molecular flexibility index (Phi) is 11.2. The summed E-state index contributed by atoms with van der Waals surface area (Å²) in [5.74, 6) is -0.194. The fourth-order valence-corrected chi connectivity index (χ4v) is 3.34. The molecule has 0 aliphatic heterocycles. The number of primary amides is 1. The Balaban J connectivity index is 2.17. The van der Waals surface area contributed by atoms with Crippen LogP contribution in [-0.2, 0) is 4.79 Å². The number of nitrogens with two attached hydrogens (primary N) is 1. The van der Waals surface area contributed by atoms with E-state index in [2.05, 4.69) is 18.8 Å². The summed E-state index contributed by atoms with van der Waals surface area (Å²) in [6.45, 7) is 4.32. The molecule has 0 aliphatic carbocycles. The highest BCUT2D eigenvalue weighted by Gasteiger charge is 2.24. The molecular formula is C21H36N2O. The molecule has 2 unspecified atom stereocenters. The molecule has 24 heavy (non-hydrogen) atoms. The van der Waals surface area contributed by atoms with Gasteiger partial charge in [-0.2, -0.15) is 0 Å². The van der Waals surface area contributed by atoms with Crippen LogP contribution in [0.5, 0.6) is 0 Å². The molecule has 0 aliphatic rings. The lowest BCUT2D eigenvalue weighted by molar-refractivity contribution is -0.122. The van der Waals surface area contributed by atoms with Gasteiger partial charge in [0.25, 0.3) is 0 Å². The van der Waals surface area contributed by atoms with Crippen molar-refractivity contribution in [2.45, 2.75) is 90.4 Å². The van der Waals surface area contributed by atoms with Gasteiger partial charge >= 0.3 is 0 Å². The fourth-order valence-electron chi connectivity index (χ4n) is 3.34. The van der Waals surface area contributed by atoms with Crippen molar-refractivity contribution >= 4 is 5.91 Å². The van der Waals surface area contributed by atoms with E-state index < -0.39 is 0 Å². The number of hydrogen-bond donors (Lipinski definition) is 1. The third-order valence-corrected chi connectivity index (χ3v) is 4.99. The molecule has 1 aromatic rings. The molecule has 0 saturated carbocycles. The quantitative estimate of drug-likeness (QED) is 0.451. The summed E-state index contributed by atoms with van der Waals surface area (Å²) < 4.78 is 0. The SMILES string of the molecule is CCCCCCCCCCCCC(C(N)=O)C(C)c1ccccn1. The van der Waals surface area contributed by atoms with E-state index in [0.29, 0.717) is 0 Å². The van der Waals surface area contributed by atoms with Crippen molar-refractivity contribution in [1.29, 1.82) is 0 Å². The largest absolute Gasteiger partial charge is 0.369 e. The summed E-state index contributed by atoms with van der Waals surface area (Å²) in [6.07, 6.45) is 15.7. The molecule has 3 heteroatoms. The van der Waals surface area contributed by atoms with E-state index in [-0.39, 0.29) is 17.7 Å². The molecule has 136 valence electrons. The van der Waals surface area contributed by atoms with Crippen LogP contribution in [0.25, 0.3) is 0 Å². The number of pyridine rings is 1. The zero-order valence-electron chi connectivity index (χ0n) is 15.7. The smallest absolute Gasteiger partial charge is 0.221 e. The molecule has 1 rings (SSSR count). The van der Waals surface area contributed by atoms with E-state index >= 15 is 0 Å². The minimum atomic E-state index is -0.191. The average molecular weight is 333 g/mol. The van der Waals surface area contributed by atoms with E-state index in [1.54, 1.807) is 6.20 Å². The lowest BCUT2D eigenvalue weighted by Crippen LogP contribution is -2.28. The van der Waals surface area contributed by atoms with Crippen molar-refractivity contribution in [1.82, 2.24) is 4.98 Å². The second-order valence-corrected chi connectivity index (χ2v) is 7.02. The molecule has 0 radical (unpaired) electrons. The Hall–Kier alpha value is -1.38. The minimum Gasteiger partial charge on any atom is -0.369 e. The van der Waals surface area contributed by atoms with Gasteiger partial charge in [0.05, 0.1) is 0 Å². The monoisotopic (exact) mass is 332 g/mol. The Bertz CT molecular complexity index is 433. The third kappa shape index (κ3) is 8.47. The van der Waals surface area contributed by atoms with Crippen LogP contribution in [0.3, 0.4) is 0 Å². The molecule has 1 amide bonds. The van der Waals surface area contributed by atoms with Gasteiger partial charge in [0, 0.05) is 23.7 Å². The number of aromatic nitrogens is 1. The first kappa shape index (κ1) is 20.7. The Morgan fingerprint density at radius 2 is 1.58 bits per heavy atom. The van der Waals surface area contributed by atoms with Crippen molar-refractivity contribution in [2.24, 2.45) is 11.7 Å². The van der Waals surface area contributed by atoms with E-state index in [9.17, 15) is 4.79 Å². The van der Waals surface area contributed by atoms with E-state index in [0.717, 1.165) is 18.5 Å².